The van der Waals surface area contributed by atoms with E-state index in [-0.39, 0.29) is 12.5 Å². The highest BCUT2D eigenvalue weighted by Crippen LogP contribution is 2.09. The molecule has 0 bridgehead atoms. The van der Waals surface area contributed by atoms with Crippen LogP contribution in [0.25, 0.3) is 0 Å². The summed E-state index contributed by atoms with van der Waals surface area (Å²) in [4.78, 5) is 22.4. The Morgan fingerprint density at radius 2 is 2.05 bits per heavy atom. The topological polar surface area (TPSA) is 72.1 Å². The van der Waals surface area contributed by atoms with Crippen molar-refractivity contribution in [2.24, 2.45) is 5.73 Å². The average Bonchev–Trinajstić information content (AvgIpc) is 2.53. The monoisotopic (exact) mass is 280 g/mol. The summed E-state index contributed by atoms with van der Waals surface area (Å²) < 4.78 is 0. The van der Waals surface area contributed by atoms with Crippen molar-refractivity contribution in [1.82, 2.24) is 14.9 Å². The van der Waals surface area contributed by atoms with Crippen LogP contribution in [-0.4, -0.2) is 34.4 Å². The molecule has 0 aromatic carbocycles. The van der Waals surface area contributed by atoms with E-state index in [1.807, 2.05) is 18.2 Å². The predicted octanol–water partition coefficient (Wildman–Crippen LogP) is 1.06. The lowest BCUT2D eigenvalue weighted by Crippen LogP contribution is -2.28. The van der Waals surface area contributed by atoms with Gasteiger partial charge in [0.25, 0.3) is 5.91 Å². The van der Waals surface area contributed by atoms with Crippen molar-refractivity contribution in [3.63, 3.8) is 0 Å². The van der Waals surface area contributed by atoms with Crippen LogP contribution in [0.15, 0.2) is 42.7 Å². The van der Waals surface area contributed by atoms with Crippen LogP contribution in [0.2, 0.25) is 0 Å². The third-order valence-corrected chi connectivity index (χ3v) is 2.81. The number of nitrogens with zero attached hydrogens (tertiary/aromatic N) is 3. The number of carbonyl (C=O) groups is 1. The second kappa shape index (κ2) is 7.17. The van der Waals surface area contributed by atoms with E-state index in [2.05, 4.69) is 21.8 Å². The summed E-state index contributed by atoms with van der Waals surface area (Å²) >= 11 is 0. The summed E-state index contributed by atoms with van der Waals surface area (Å²) in [5, 5.41) is 0. The molecule has 106 valence electrons. The standard InChI is InChI=1S/C16H16N4O/c1-20(12-14-8-2-3-10-18-14)16(21)15-13(6-4-9-17)7-5-11-19-15/h2-3,5,7-8,10-11H,9,12,17H2,1H3. The Kier molecular flexibility index (Phi) is 5.02. The van der Waals surface area contributed by atoms with Crippen molar-refractivity contribution in [3.05, 3.63) is 59.7 Å². The molecular weight excluding hydrogens is 264 g/mol. The maximum atomic E-state index is 12.5. The maximum absolute atomic E-state index is 12.5. The van der Waals surface area contributed by atoms with Crippen LogP contribution in [-0.2, 0) is 6.54 Å². The highest BCUT2D eigenvalue weighted by molar-refractivity contribution is 5.94. The molecule has 0 saturated carbocycles. The largest absolute Gasteiger partial charge is 0.334 e. The van der Waals surface area contributed by atoms with E-state index in [9.17, 15) is 4.79 Å². The molecule has 5 nitrogen and oxygen atoms in total. The molecule has 1 amide bonds. The van der Waals surface area contributed by atoms with Crippen molar-refractivity contribution in [2.45, 2.75) is 6.54 Å². The van der Waals surface area contributed by atoms with Gasteiger partial charge in [0.2, 0.25) is 0 Å². The summed E-state index contributed by atoms with van der Waals surface area (Å²) in [6.07, 6.45) is 3.28. The van der Waals surface area contributed by atoms with Gasteiger partial charge in [0, 0.05) is 19.4 Å². The molecule has 0 radical (unpaired) electrons. The SMILES string of the molecule is CN(Cc1ccccn1)C(=O)c1ncccc1C#CCN. The van der Waals surface area contributed by atoms with Crippen molar-refractivity contribution >= 4 is 5.91 Å². The fourth-order valence-corrected chi connectivity index (χ4v) is 1.81. The lowest BCUT2D eigenvalue weighted by molar-refractivity contribution is 0.0777. The van der Waals surface area contributed by atoms with Gasteiger partial charge in [0.15, 0.2) is 0 Å². The van der Waals surface area contributed by atoms with Gasteiger partial charge in [-0.2, -0.15) is 0 Å². The molecule has 2 rings (SSSR count). The van der Waals surface area contributed by atoms with Crippen LogP contribution in [0.3, 0.4) is 0 Å². The minimum absolute atomic E-state index is 0.192. The number of rotatable bonds is 3. The summed E-state index contributed by atoms with van der Waals surface area (Å²) in [5.41, 5.74) is 7.10. The lowest BCUT2D eigenvalue weighted by Gasteiger charge is -2.16. The summed E-state index contributed by atoms with van der Waals surface area (Å²) in [6, 6.07) is 9.11. The van der Waals surface area contributed by atoms with Crippen molar-refractivity contribution in [3.8, 4) is 11.8 Å². The zero-order chi connectivity index (χ0) is 15.1. The number of carbonyl (C=O) groups excluding carboxylic acids is 1. The predicted molar refractivity (Wildman–Crippen MR) is 80.2 cm³/mol. The maximum Gasteiger partial charge on any atom is 0.273 e. The van der Waals surface area contributed by atoms with E-state index >= 15 is 0 Å². The minimum Gasteiger partial charge on any atom is -0.334 e. The highest BCUT2D eigenvalue weighted by Gasteiger charge is 2.16. The fraction of sp³-hybridized carbons (Fsp3) is 0.188. The van der Waals surface area contributed by atoms with E-state index < -0.39 is 0 Å². The summed E-state index contributed by atoms with van der Waals surface area (Å²) in [5.74, 6) is 5.42. The van der Waals surface area contributed by atoms with Crippen LogP contribution < -0.4 is 5.73 Å². The number of hydrogen-bond acceptors (Lipinski definition) is 4. The summed E-state index contributed by atoms with van der Waals surface area (Å²) in [6.45, 7) is 0.659. The normalized spacial score (nSPS) is 9.62. The molecule has 2 heterocycles. The van der Waals surface area contributed by atoms with E-state index in [1.54, 1.807) is 36.5 Å². The van der Waals surface area contributed by atoms with Crippen LogP contribution in [0.5, 0.6) is 0 Å². The average molecular weight is 280 g/mol. The van der Waals surface area contributed by atoms with Gasteiger partial charge >= 0.3 is 0 Å². The molecule has 21 heavy (non-hydrogen) atoms. The molecule has 0 saturated heterocycles. The van der Waals surface area contributed by atoms with Crippen molar-refractivity contribution in [2.75, 3.05) is 13.6 Å². The third kappa shape index (κ3) is 3.88. The Morgan fingerprint density at radius 1 is 1.24 bits per heavy atom. The zero-order valence-electron chi connectivity index (χ0n) is 11.8. The third-order valence-electron chi connectivity index (χ3n) is 2.81. The Balaban J connectivity index is 2.20. The van der Waals surface area contributed by atoms with Crippen LogP contribution in [0.1, 0.15) is 21.7 Å². The zero-order valence-corrected chi connectivity index (χ0v) is 11.8. The molecule has 0 aliphatic rings. The molecule has 2 N–H and O–H groups in total. The van der Waals surface area contributed by atoms with E-state index in [1.165, 1.54) is 0 Å². The van der Waals surface area contributed by atoms with Crippen LogP contribution in [0.4, 0.5) is 0 Å². The van der Waals surface area contributed by atoms with Gasteiger partial charge in [0.1, 0.15) is 5.69 Å². The van der Waals surface area contributed by atoms with E-state index in [4.69, 9.17) is 5.73 Å². The van der Waals surface area contributed by atoms with Crippen LogP contribution >= 0.6 is 0 Å². The molecule has 2 aromatic rings. The molecule has 0 aliphatic carbocycles. The number of pyridine rings is 2. The first kappa shape index (κ1) is 14.7. The Labute approximate surface area is 123 Å². The van der Waals surface area contributed by atoms with Gasteiger partial charge < -0.3 is 10.6 Å². The second-order valence-electron chi connectivity index (χ2n) is 4.39. The Bertz CT molecular complexity index is 673. The fourth-order valence-electron chi connectivity index (χ4n) is 1.81. The number of nitrogens with two attached hydrogens (primary N) is 1. The summed E-state index contributed by atoms with van der Waals surface area (Å²) in [7, 11) is 1.71. The van der Waals surface area contributed by atoms with Gasteiger partial charge in [-0.1, -0.05) is 17.9 Å². The first-order valence-electron chi connectivity index (χ1n) is 6.51. The molecule has 2 aromatic heterocycles. The van der Waals surface area contributed by atoms with Gasteiger partial charge in [0.05, 0.1) is 24.3 Å². The smallest absolute Gasteiger partial charge is 0.273 e. The molecule has 0 unspecified atom stereocenters. The molecular formula is C16H16N4O. The first-order chi connectivity index (χ1) is 10.2. The van der Waals surface area contributed by atoms with Gasteiger partial charge in [-0.05, 0) is 24.3 Å². The molecule has 0 aliphatic heterocycles. The second-order valence-corrected chi connectivity index (χ2v) is 4.39. The van der Waals surface area contributed by atoms with Gasteiger partial charge in [-0.25, -0.2) is 4.98 Å². The van der Waals surface area contributed by atoms with Gasteiger partial charge in [-0.3, -0.25) is 9.78 Å². The molecule has 5 heteroatoms. The van der Waals surface area contributed by atoms with E-state index in [0.29, 0.717) is 17.8 Å². The number of aromatic nitrogens is 2. The van der Waals surface area contributed by atoms with Crippen molar-refractivity contribution in [1.29, 1.82) is 0 Å². The van der Waals surface area contributed by atoms with E-state index in [0.717, 1.165) is 5.69 Å². The molecule has 0 spiro atoms. The minimum atomic E-state index is -0.192. The Morgan fingerprint density at radius 3 is 2.76 bits per heavy atom. The molecule has 0 fully saturated rings. The quantitative estimate of drug-likeness (QED) is 0.853. The number of hydrogen-bond donors (Lipinski definition) is 1. The van der Waals surface area contributed by atoms with Crippen LogP contribution in [0, 0.1) is 11.8 Å². The number of amides is 1. The lowest BCUT2D eigenvalue weighted by atomic mass is 10.1. The highest BCUT2D eigenvalue weighted by atomic mass is 16.2. The Hall–Kier alpha value is -2.71. The van der Waals surface area contributed by atoms with Crippen molar-refractivity contribution < 1.29 is 4.79 Å². The van der Waals surface area contributed by atoms with Gasteiger partial charge in [-0.15, -0.1) is 0 Å². The first-order valence-corrected chi connectivity index (χ1v) is 6.51. The molecule has 0 atom stereocenters.